The van der Waals surface area contributed by atoms with Crippen LogP contribution in [0.5, 0.6) is 0 Å². The van der Waals surface area contributed by atoms with Crippen LogP contribution in [0.2, 0.25) is 0 Å². The summed E-state index contributed by atoms with van der Waals surface area (Å²) in [6.45, 7) is 4.71. The van der Waals surface area contributed by atoms with Gasteiger partial charge in [-0.3, -0.25) is 9.20 Å². The van der Waals surface area contributed by atoms with Crippen molar-refractivity contribution in [3.05, 3.63) is 17.3 Å². The lowest BCUT2D eigenvalue weighted by Crippen LogP contribution is -2.41. The lowest BCUT2D eigenvalue weighted by molar-refractivity contribution is -0.119. The number of nitrogens with zero attached hydrogens (tertiary/aromatic N) is 3. The van der Waals surface area contributed by atoms with Gasteiger partial charge in [0.2, 0.25) is 5.91 Å². The van der Waals surface area contributed by atoms with Gasteiger partial charge < -0.3 is 16.0 Å². The van der Waals surface area contributed by atoms with Crippen LogP contribution in [0.25, 0.3) is 4.96 Å². The minimum absolute atomic E-state index is 0.223. The molecule has 0 radical (unpaired) electrons. The fourth-order valence-corrected chi connectivity index (χ4v) is 3.64. The monoisotopic (exact) mass is 307 g/mol. The third kappa shape index (κ3) is 2.63. The second-order valence-corrected chi connectivity index (χ2v) is 6.24. The van der Waals surface area contributed by atoms with Crippen LogP contribution in [0, 0.1) is 0 Å². The van der Waals surface area contributed by atoms with E-state index in [2.05, 4.69) is 21.5 Å². The van der Waals surface area contributed by atoms with Crippen LogP contribution in [0.3, 0.4) is 0 Å². The number of carbonyl (C=O) groups excluding carboxylic acids is 1. The molecule has 3 heterocycles. The van der Waals surface area contributed by atoms with Crippen LogP contribution in [0.1, 0.15) is 31.9 Å². The van der Waals surface area contributed by atoms with Crippen molar-refractivity contribution >= 4 is 28.0 Å². The standard InChI is InChI=1S/C14H21N5OS/c1-2-5-16-9-11-13(17-14-19(11)7-8-21-14)18-6-3-4-10(18)12(15)20/h7-8,10,16H,2-6,9H2,1H3,(H2,15,20). The predicted molar refractivity (Wildman–Crippen MR) is 84.6 cm³/mol. The molecule has 0 aromatic carbocycles. The Hall–Kier alpha value is -1.60. The van der Waals surface area contributed by atoms with E-state index in [1.165, 1.54) is 0 Å². The topological polar surface area (TPSA) is 75.7 Å². The van der Waals surface area contributed by atoms with E-state index in [1.54, 1.807) is 11.3 Å². The number of anilines is 1. The Bertz CT molecular complexity index is 634. The highest BCUT2D eigenvalue weighted by Crippen LogP contribution is 2.30. The highest BCUT2D eigenvalue weighted by atomic mass is 32.1. The summed E-state index contributed by atoms with van der Waals surface area (Å²) in [7, 11) is 0. The Morgan fingerprint density at radius 1 is 1.62 bits per heavy atom. The maximum Gasteiger partial charge on any atom is 0.240 e. The molecule has 1 aliphatic rings. The summed E-state index contributed by atoms with van der Waals surface area (Å²) in [6, 6.07) is -0.223. The van der Waals surface area contributed by atoms with E-state index in [1.807, 2.05) is 11.6 Å². The first-order chi connectivity index (χ1) is 10.2. The molecular weight excluding hydrogens is 286 g/mol. The summed E-state index contributed by atoms with van der Waals surface area (Å²) in [6.07, 6.45) is 4.94. The van der Waals surface area contributed by atoms with E-state index in [4.69, 9.17) is 10.7 Å². The molecule has 3 rings (SSSR count). The molecule has 0 spiro atoms. The molecular formula is C14H21N5OS. The summed E-state index contributed by atoms with van der Waals surface area (Å²) >= 11 is 1.61. The van der Waals surface area contributed by atoms with E-state index >= 15 is 0 Å². The van der Waals surface area contributed by atoms with Gasteiger partial charge >= 0.3 is 0 Å². The normalized spacial score (nSPS) is 18.7. The molecule has 6 nitrogen and oxygen atoms in total. The van der Waals surface area contributed by atoms with Crippen LogP contribution in [-0.2, 0) is 11.3 Å². The maximum absolute atomic E-state index is 11.6. The highest BCUT2D eigenvalue weighted by Gasteiger charge is 2.32. The number of primary amides is 1. The van der Waals surface area contributed by atoms with Crippen LogP contribution < -0.4 is 16.0 Å². The van der Waals surface area contributed by atoms with Crippen LogP contribution in [-0.4, -0.2) is 34.4 Å². The average Bonchev–Trinajstić information content (AvgIpc) is 3.13. The average molecular weight is 307 g/mol. The first-order valence-corrected chi connectivity index (χ1v) is 8.31. The summed E-state index contributed by atoms with van der Waals surface area (Å²) in [4.78, 5) is 19.4. The van der Waals surface area contributed by atoms with Gasteiger partial charge in [0.15, 0.2) is 10.8 Å². The Morgan fingerprint density at radius 2 is 2.48 bits per heavy atom. The first kappa shape index (κ1) is 14.3. The minimum Gasteiger partial charge on any atom is -0.368 e. The zero-order valence-electron chi connectivity index (χ0n) is 12.2. The molecule has 0 saturated carbocycles. The van der Waals surface area contributed by atoms with Gasteiger partial charge in [-0.05, 0) is 25.8 Å². The van der Waals surface area contributed by atoms with Gasteiger partial charge in [0.05, 0.1) is 5.69 Å². The number of hydrogen-bond acceptors (Lipinski definition) is 5. The fraction of sp³-hybridized carbons (Fsp3) is 0.571. The Morgan fingerprint density at radius 3 is 3.24 bits per heavy atom. The molecule has 1 amide bonds. The number of rotatable bonds is 6. The lowest BCUT2D eigenvalue weighted by Gasteiger charge is -2.23. The molecule has 1 fully saturated rings. The lowest BCUT2D eigenvalue weighted by atomic mass is 10.2. The Kier molecular flexibility index (Phi) is 4.12. The number of amides is 1. The van der Waals surface area contributed by atoms with Crippen molar-refractivity contribution in [1.29, 1.82) is 0 Å². The summed E-state index contributed by atoms with van der Waals surface area (Å²) in [5, 5.41) is 5.46. The van der Waals surface area contributed by atoms with Crippen molar-refractivity contribution in [1.82, 2.24) is 14.7 Å². The predicted octanol–water partition coefficient (Wildman–Crippen LogP) is 1.35. The number of thiazole rings is 1. The van der Waals surface area contributed by atoms with Crippen LogP contribution in [0.4, 0.5) is 5.82 Å². The molecule has 0 aliphatic carbocycles. The molecule has 7 heteroatoms. The van der Waals surface area contributed by atoms with Crippen LogP contribution >= 0.6 is 11.3 Å². The van der Waals surface area contributed by atoms with Crippen LogP contribution in [0.15, 0.2) is 11.6 Å². The number of imidazole rings is 1. The van der Waals surface area contributed by atoms with Gasteiger partial charge in [0, 0.05) is 24.7 Å². The van der Waals surface area contributed by atoms with Crippen molar-refractivity contribution in [2.24, 2.45) is 5.73 Å². The third-order valence-electron chi connectivity index (χ3n) is 3.91. The third-order valence-corrected chi connectivity index (χ3v) is 4.67. The van der Waals surface area contributed by atoms with Gasteiger partial charge in [-0.25, -0.2) is 4.98 Å². The number of carbonyl (C=O) groups is 1. The molecule has 21 heavy (non-hydrogen) atoms. The Balaban J connectivity index is 1.94. The first-order valence-electron chi connectivity index (χ1n) is 7.43. The van der Waals surface area contributed by atoms with Gasteiger partial charge in [-0.1, -0.05) is 6.92 Å². The van der Waals surface area contributed by atoms with E-state index < -0.39 is 0 Å². The van der Waals surface area contributed by atoms with Crippen molar-refractivity contribution in [2.45, 2.75) is 38.8 Å². The SMILES string of the molecule is CCCNCc1c(N2CCCC2C(N)=O)nc2sccn12. The molecule has 3 N–H and O–H groups in total. The number of aromatic nitrogens is 2. The van der Waals surface area contributed by atoms with E-state index in [0.29, 0.717) is 0 Å². The van der Waals surface area contributed by atoms with Gasteiger partial charge in [-0.15, -0.1) is 11.3 Å². The maximum atomic E-state index is 11.6. The number of nitrogens with two attached hydrogens (primary N) is 1. The Labute approximate surface area is 127 Å². The van der Waals surface area contributed by atoms with Gasteiger partial charge in [0.1, 0.15) is 6.04 Å². The molecule has 2 aromatic heterocycles. The van der Waals surface area contributed by atoms with Crippen molar-refractivity contribution in [3.8, 4) is 0 Å². The minimum atomic E-state index is -0.253. The van der Waals surface area contributed by atoms with E-state index in [9.17, 15) is 4.79 Å². The van der Waals surface area contributed by atoms with Crippen molar-refractivity contribution < 1.29 is 4.79 Å². The fourth-order valence-electron chi connectivity index (χ4n) is 2.91. The molecule has 1 aliphatic heterocycles. The molecule has 1 saturated heterocycles. The second kappa shape index (κ2) is 6.03. The quantitative estimate of drug-likeness (QED) is 0.790. The van der Waals surface area contributed by atoms with Crippen molar-refractivity contribution in [3.63, 3.8) is 0 Å². The largest absolute Gasteiger partial charge is 0.368 e. The van der Waals surface area contributed by atoms with Gasteiger partial charge in [-0.2, -0.15) is 0 Å². The zero-order valence-corrected chi connectivity index (χ0v) is 13.0. The molecule has 1 atom stereocenters. The van der Waals surface area contributed by atoms with Crippen molar-refractivity contribution in [2.75, 3.05) is 18.0 Å². The van der Waals surface area contributed by atoms with E-state index in [-0.39, 0.29) is 11.9 Å². The van der Waals surface area contributed by atoms with Gasteiger partial charge in [0.25, 0.3) is 0 Å². The molecule has 1 unspecified atom stereocenters. The zero-order chi connectivity index (χ0) is 14.8. The summed E-state index contributed by atoms with van der Waals surface area (Å²) in [5.74, 6) is 0.656. The second-order valence-electron chi connectivity index (χ2n) is 5.37. The molecule has 114 valence electrons. The number of nitrogens with one attached hydrogen (secondary N) is 1. The summed E-state index contributed by atoms with van der Waals surface area (Å²) < 4.78 is 2.11. The highest BCUT2D eigenvalue weighted by molar-refractivity contribution is 7.15. The smallest absolute Gasteiger partial charge is 0.240 e. The molecule has 2 aromatic rings. The van der Waals surface area contributed by atoms with E-state index in [0.717, 1.165) is 55.4 Å². The molecule has 0 bridgehead atoms. The number of hydrogen-bond donors (Lipinski definition) is 2. The summed E-state index contributed by atoms with van der Waals surface area (Å²) in [5.41, 5.74) is 6.66. The number of fused-ring (bicyclic) bond motifs is 1.